The summed E-state index contributed by atoms with van der Waals surface area (Å²) in [5, 5.41) is 14.7. The first-order valence-electron chi connectivity index (χ1n) is 7.52. The number of amides is 3. The number of aliphatic carboxylic acids is 1. The maximum atomic E-state index is 12.1. The summed E-state index contributed by atoms with van der Waals surface area (Å²) >= 11 is 0. The Labute approximate surface area is 124 Å². The molecule has 2 fully saturated rings. The zero-order valence-corrected chi connectivity index (χ0v) is 12.3. The van der Waals surface area contributed by atoms with Gasteiger partial charge in [-0.05, 0) is 25.2 Å². The number of nitrogens with one attached hydrogen (secondary N) is 2. The Bertz CT molecular complexity index is 426. The fourth-order valence-corrected chi connectivity index (χ4v) is 3.05. The van der Waals surface area contributed by atoms with Gasteiger partial charge in [0.2, 0.25) is 5.91 Å². The van der Waals surface area contributed by atoms with Crippen LogP contribution in [0.15, 0.2) is 0 Å². The maximum absolute atomic E-state index is 12.1. The van der Waals surface area contributed by atoms with E-state index in [0.29, 0.717) is 32.6 Å². The monoisotopic (exact) mass is 297 g/mol. The molecule has 7 heteroatoms. The van der Waals surface area contributed by atoms with Gasteiger partial charge in [-0.25, -0.2) is 4.79 Å². The smallest absolute Gasteiger partial charge is 0.317 e. The molecule has 0 bridgehead atoms. The molecular weight excluding hydrogens is 274 g/mol. The van der Waals surface area contributed by atoms with Crippen molar-refractivity contribution >= 4 is 17.9 Å². The van der Waals surface area contributed by atoms with Crippen LogP contribution in [0.1, 0.15) is 26.2 Å². The molecule has 0 aliphatic carbocycles. The van der Waals surface area contributed by atoms with E-state index in [-0.39, 0.29) is 29.7 Å². The van der Waals surface area contributed by atoms with E-state index >= 15 is 0 Å². The van der Waals surface area contributed by atoms with E-state index < -0.39 is 5.97 Å². The number of hydrogen-bond acceptors (Lipinski definition) is 3. The lowest BCUT2D eigenvalue weighted by Crippen LogP contribution is -2.51. The molecule has 7 nitrogen and oxygen atoms in total. The van der Waals surface area contributed by atoms with E-state index in [4.69, 9.17) is 5.11 Å². The quantitative estimate of drug-likeness (QED) is 0.696. The lowest BCUT2D eigenvalue weighted by atomic mass is 9.87. The Morgan fingerprint density at radius 1 is 1.43 bits per heavy atom. The Kier molecular flexibility index (Phi) is 5.03. The summed E-state index contributed by atoms with van der Waals surface area (Å²) in [6.07, 6.45) is 2.21. The number of nitrogens with zero attached hydrogens (tertiary/aromatic N) is 1. The predicted molar refractivity (Wildman–Crippen MR) is 75.6 cm³/mol. The highest BCUT2D eigenvalue weighted by molar-refractivity contribution is 5.81. The van der Waals surface area contributed by atoms with Crippen LogP contribution in [0.2, 0.25) is 0 Å². The zero-order valence-electron chi connectivity index (χ0n) is 12.3. The van der Waals surface area contributed by atoms with Gasteiger partial charge in [0.25, 0.3) is 0 Å². The summed E-state index contributed by atoms with van der Waals surface area (Å²) in [5.41, 5.74) is 0. The number of urea groups is 1. The Hall–Kier alpha value is -1.79. The van der Waals surface area contributed by atoms with Gasteiger partial charge in [0.05, 0.1) is 11.8 Å². The minimum Gasteiger partial charge on any atom is -0.481 e. The third kappa shape index (κ3) is 3.86. The lowest BCUT2D eigenvalue weighted by molar-refractivity contribution is -0.145. The molecule has 2 aliphatic rings. The van der Waals surface area contributed by atoms with E-state index in [9.17, 15) is 14.4 Å². The molecule has 3 amide bonds. The zero-order chi connectivity index (χ0) is 15.4. The lowest BCUT2D eigenvalue weighted by Gasteiger charge is -2.35. The first kappa shape index (κ1) is 15.6. The molecule has 0 aromatic heterocycles. The van der Waals surface area contributed by atoms with E-state index in [2.05, 4.69) is 10.6 Å². The standard InChI is InChI=1S/C14H23N3O4/c1-9-8-17(6-4-11(9)13(19)20)14(21)16-7-10-3-2-5-15-12(10)18/h9-11H,2-8H2,1H3,(H,15,18)(H,16,21)(H,19,20). The third-order valence-corrected chi connectivity index (χ3v) is 4.41. The number of likely N-dealkylation sites (tertiary alicyclic amines) is 1. The molecule has 0 radical (unpaired) electrons. The minimum atomic E-state index is -0.790. The van der Waals surface area contributed by atoms with Gasteiger partial charge in [-0.1, -0.05) is 6.92 Å². The van der Waals surface area contributed by atoms with Crippen LogP contribution >= 0.6 is 0 Å². The highest BCUT2D eigenvalue weighted by Gasteiger charge is 2.33. The normalized spacial score (nSPS) is 29.7. The van der Waals surface area contributed by atoms with Gasteiger partial charge in [0, 0.05) is 26.2 Å². The molecule has 0 spiro atoms. The van der Waals surface area contributed by atoms with Crippen LogP contribution in [0.3, 0.4) is 0 Å². The second-order valence-electron chi connectivity index (χ2n) is 5.97. The third-order valence-electron chi connectivity index (χ3n) is 4.41. The molecule has 2 saturated heterocycles. The summed E-state index contributed by atoms with van der Waals surface area (Å²) in [5.74, 6) is -1.38. The molecule has 2 heterocycles. The van der Waals surface area contributed by atoms with E-state index in [0.717, 1.165) is 12.8 Å². The number of hydrogen-bond donors (Lipinski definition) is 3. The predicted octanol–water partition coefficient (Wildman–Crippen LogP) is 0.265. The van der Waals surface area contributed by atoms with Crippen LogP contribution in [0.4, 0.5) is 4.79 Å². The second kappa shape index (κ2) is 6.78. The fraction of sp³-hybridized carbons (Fsp3) is 0.786. The van der Waals surface area contributed by atoms with E-state index in [1.807, 2.05) is 6.92 Å². The summed E-state index contributed by atoms with van der Waals surface area (Å²) in [7, 11) is 0. The first-order chi connectivity index (χ1) is 9.99. The van der Waals surface area contributed by atoms with Gasteiger partial charge in [0.1, 0.15) is 0 Å². The van der Waals surface area contributed by atoms with Crippen molar-refractivity contribution in [3.63, 3.8) is 0 Å². The maximum Gasteiger partial charge on any atom is 0.317 e. The van der Waals surface area contributed by atoms with Gasteiger partial charge in [0.15, 0.2) is 0 Å². The van der Waals surface area contributed by atoms with Crippen molar-refractivity contribution in [2.24, 2.45) is 17.8 Å². The molecular formula is C14H23N3O4. The van der Waals surface area contributed by atoms with Gasteiger partial charge in [-0.3, -0.25) is 9.59 Å². The highest BCUT2D eigenvalue weighted by Crippen LogP contribution is 2.23. The SMILES string of the molecule is CC1CN(C(=O)NCC2CCCNC2=O)CCC1C(=O)O. The molecule has 21 heavy (non-hydrogen) atoms. The molecule has 0 saturated carbocycles. The topological polar surface area (TPSA) is 98.7 Å². The number of rotatable bonds is 3. The van der Waals surface area contributed by atoms with Crippen LogP contribution in [0.25, 0.3) is 0 Å². The van der Waals surface area contributed by atoms with Crippen LogP contribution in [-0.2, 0) is 9.59 Å². The van der Waals surface area contributed by atoms with Crippen molar-refractivity contribution in [1.29, 1.82) is 0 Å². The molecule has 3 N–H and O–H groups in total. The van der Waals surface area contributed by atoms with Crippen molar-refractivity contribution in [2.45, 2.75) is 26.2 Å². The Morgan fingerprint density at radius 2 is 2.19 bits per heavy atom. The number of piperidine rings is 2. The van der Waals surface area contributed by atoms with Crippen molar-refractivity contribution in [2.75, 3.05) is 26.2 Å². The Morgan fingerprint density at radius 3 is 2.81 bits per heavy atom. The van der Waals surface area contributed by atoms with Gasteiger partial charge in [-0.2, -0.15) is 0 Å². The molecule has 2 rings (SSSR count). The Balaban J connectivity index is 1.79. The van der Waals surface area contributed by atoms with Crippen LogP contribution in [-0.4, -0.2) is 54.1 Å². The second-order valence-corrected chi connectivity index (χ2v) is 5.97. The van der Waals surface area contributed by atoms with Crippen LogP contribution in [0, 0.1) is 17.8 Å². The molecule has 118 valence electrons. The fourth-order valence-electron chi connectivity index (χ4n) is 3.05. The highest BCUT2D eigenvalue weighted by atomic mass is 16.4. The summed E-state index contributed by atoms with van der Waals surface area (Å²) in [6.45, 7) is 3.80. The van der Waals surface area contributed by atoms with Crippen LogP contribution in [0.5, 0.6) is 0 Å². The molecule has 2 aliphatic heterocycles. The van der Waals surface area contributed by atoms with Gasteiger partial charge >= 0.3 is 12.0 Å². The van der Waals surface area contributed by atoms with Crippen molar-refractivity contribution in [3.05, 3.63) is 0 Å². The number of carboxylic acids is 1. The summed E-state index contributed by atoms with van der Waals surface area (Å²) in [6, 6.07) is -0.205. The molecule has 0 aromatic carbocycles. The number of carbonyl (C=O) groups excluding carboxylic acids is 2. The summed E-state index contributed by atoms with van der Waals surface area (Å²) < 4.78 is 0. The summed E-state index contributed by atoms with van der Waals surface area (Å²) in [4.78, 5) is 36.4. The van der Waals surface area contributed by atoms with Crippen molar-refractivity contribution in [1.82, 2.24) is 15.5 Å². The number of carbonyl (C=O) groups is 3. The molecule has 3 unspecified atom stereocenters. The van der Waals surface area contributed by atoms with Gasteiger partial charge in [-0.15, -0.1) is 0 Å². The number of carboxylic acid groups (broad SMARTS) is 1. The molecule has 0 aromatic rings. The van der Waals surface area contributed by atoms with Crippen molar-refractivity contribution < 1.29 is 19.5 Å². The van der Waals surface area contributed by atoms with Crippen LogP contribution < -0.4 is 10.6 Å². The molecule has 3 atom stereocenters. The first-order valence-corrected chi connectivity index (χ1v) is 7.52. The van der Waals surface area contributed by atoms with Crippen molar-refractivity contribution in [3.8, 4) is 0 Å². The minimum absolute atomic E-state index is 0.000460. The largest absolute Gasteiger partial charge is 0.481 e. The van der Waals surface area contributed by atoms with Gasteiger partial charge < -0.3 is 20.6 Å². The average Bonchev–Trinajstić information content (AvgIpc) is 2.45. The average molecular weight is 297 g/mol. The van der Waals surface area contributed by atoms with E-state index in [1.165, 1.54) is 0 Å². The van der Waals surface area contributed by atoms with E-state index in [1.54, 1.807) is 4.90 Å².